The van der Waals surface area contributed by atoms with Gasteiger partial charge in [0.25, 0.3) is 5.69 Å². The Balaban J connectivity index is 2.61. The molecule has 92 valence electrons. The second-order valence-electron chi connectivity index (χ2n) is 3.49. The smallest absolute Gasteiger partial charge is 0.338 e. The highest BCUT2D eigenvalue weighted by Gasteiger charge is 2.18. The molecule has 0 atom stereocenters. The van der Waals surface area contributed by atoms with Crippen molar-refractivity contribution in [3.63, 3.8) is 0 Å². The van der Waals surface area contributed by atoms with Crippen molar-refractivity contribution in [3.8, 4) is 11.1 Å². The predicted molar refractivity (Wildman–Crippen MR) is 62.1 cm³/mol. The average molecular weight is 247 g/mol. The molecule has 0 saturated carbocycles. The van der Waals surface area contributed by atoms with Crippen molar-refractivity contribution in [2.24, 2.45) is 0 Å². The van der Waals surface area contributed by atoms with Gasteiger partial charge in [-0.1, -0.05) is 0 Å². The fourth-order valence-electron chi connectivity index (χ4n) is 1.59. The number of rotatable bonds is 3. The summed E-state index contributed by atoms with van der Waals surface area (Å²) in [5.41, 5.74) is 1.15. The van der Waals surface area contributed by atoms with Gasteiger partial charge in [-0.25, -0.2) is 4.79 Å². The van der Waals surface area contributed by atoms with Gasteiger partial charge in [-0.3, -0.25) is 10.1 Å². The Bertz CT molecular complexity index is 589. The lowest BCUT2D eigenvalue weighted by Crippen LogP contribution is -2.04. The van der Waals surface area contributed by atoms with Crippen LogP contribution in [0.15, 0.2) is 41.2 Å². The van der Waals surface area contributed by atoms with E-state index in [9.17, 15) is 14.9 Å². The maximum Gasteiger partial charge on any atom is 0.338 e. The molecule has 0 saturated heterocycles. The standard InChI is InChI=1S/C12H9NO5/c1-17-12(14)10-3-2-9(13(15)16)6-11(10)8-4-5-18-7-8/h2-7H,1H3. The van der Waals surface area contributed by atoms with Crippen LogP contribution >= 0.6 is 0 Å². The van der Waals surface area contributed by atoms with Crippen molar-refractivity contribution in [3.05, 3.63) is 52.5 Å². The van der Waals surface area contributed by atoms with E-state index in [2.05, 4.69) is 4.74 Å². The quantitative estimate of drug-likeness (QED) is 0.473. The van der Waals surface area contributed by atoms with E-state index in [4.69, 9.17) is 4.42 Å². The van der Waals surface area contributed by atoms with Crippen LogP contribution < -0.4 is 0 Å². The summed E-state index contributed by atoms with van der Waals surface area (Å²) >= 11 is 0. The highest BCUT2D eigenvalue weighted by Crippen LogP contribution is 2.28. The molecule has 0 aliphatic rings. The summed E-state index contributed by atoms with van der Waals surface area (Å²) < 4.78 is 9.55. The number of non-ortho nitro benzene ring substituents is 1. The number of carbonyl (C=O) groups is 1. The number of esters is 1. The third kappa shape index (κ3) is 2.08. The van der Waals surface area contributed by atoms with E-state index in [0.717, 1.165) is 0 Å². The second-order valence-corrected chi connectivity index (χ2v) is 3.49. The highest BCUT2D eigenvalue weighted by atomic mass is 16.6. The van der Waals surface area contributed by atoms with Crippen molar-refractivity contribution >= 4 is 11.7 Å². The first-order chi connectivity index (χ1) is 8.63. The van der Waals surface area contributed by atoms with Crippen LogP contribution in [0.2, 0.25) is 0 Å². The van der Waals surface area contributed by atoms with Gasteiger partial charge in [-0.15, -0.1) is 0 Å². The highest BCUT2D eigenvalue weighted by molar-refractivity contribution is 5.97. The van der Waals surface area contributed by atoms with Gasteiger partial charge in [0.2, 0.25) is 0 Å². The van der Waals surface area contributed by atoms with Crippen LogP contribution in [0.5, 0.6) is 0 Å². The Kier molecular flexibility index (Phi) is 3.09. The van der Waals surface area contributed by atoms with E-state index < -0.39 is 10.9 Å². The molecule has 1 heterocycles. The minimum absolute atomic E-state index is 0.0983. The van der Waals surface area contributed by atoms with Gasteiger partial charge >= 0.3 is 5.97 Å². The summed E-state index contributed by atoms with van der Waals surface area (Å²) in [7, 11) is 1.25. The van der Waals surface area contributed by atoms with Gasteiger partial charge in [0.15, 0.2) is 0 Å². The molecule has 0 N–H and O–H groups in total. The first-order valence-electron chi connectivity index (χ1n) is 5.03. The molecule has 0 aliphatic carbocycles. The summed E-state index contributed by atoms with van der Waals surface area (Å²) in [6, 6.07) is 5.56. The predicted octanol–water partition coefficient (Wildman–Crippen LogP) is 2.64. The lowest BCUT2D eigenvalue weighted by Gasteiger charge is -2.05. The molecule has 1 aromatic carbocycles. The summed E-state index contributed by atoms with van der Waals surface area (Å²) in [6.45, 7) is 0. The zero-order valence-corrected chi connectivity index (χ0v) is 9.45. The zero-order valence-electron chi connectivity index (χ0n) is 9.45. The summed E-state index contributed by atoms with van der Waals surface area (Å²) in [5.74, 6) is -0.555. The molecule has 6 nitrogen and oxygen atoms in total. The first kappa shape index (κ1) is 11.8. The van der Waals surface area contributed by atoms with Crippen molar-refractivity contribution in [2.75, 3.05) is 7.11 Å². The van der Waals surface area contributed by atoms with Crippen LogP contribution in [0, 0.1) is 10.1 Å². The lowest BCUT2D eigenvalue weighted by atomic mass is 10.0. The summed E-state index contributed by atoms with van der Waals surface area (Å²) in [6.07, 6.45) is 2.83. The van der Waals surface area contributed by atoms with Crippen LogP contribution in [-0.2, 0) is 4.74 Å². The molecule has 18 heavy (non-hydrogen) atoms. The second kappa shape index (κ2) is 4.70. The number of nitrogens with zero attached hydrogens (tertiary/aromatic N) is 1. The molecule has 0 fully saturated rings. The molecule has 0 unspecified atom stereocenters. The van der Waals surface area contributed by atoms with Crippen LogP contribution in [0.1, 0.15) is 10.4 Å². The van der Waals surface area contributed by atoms with Gasteiger partial charge in [-0.2, -0.15) is 0 Å². The largest absolute Gasteiger partial charge is 0.472 e. The van der Waals surface area contributed by atoms with Gasteiger partial charge in [0.05, 0.1) is 30.1 Å². The van der Waals surface area contributed by atoms with Gasteiger partial charge < -0.3 is 9.15 Å². The molecule has 0 amide bonds. The van der Waals surface area contributed by atoms with Crippen molar-refractivity contribution in [1.82, 2.24) is 0 Å². The molecule has 2 rings (SSSR count). The van der Waals surface area contributed by atoms with Crippen LogP contribution in [0.4, 0.5) is 5.69 Å². The van der Waals surface area contributed by atoms with Crippen LogP contribution in [-0.4, -0.2) is 18.0 Å². The fraction of sp³-hybridized carbons (Fsp3) is 0.0833. The first-order valence-corrected chi connectivity index (χ1v) is 5.03. The Labute approximate surface area is 102 Å². The lowest BCUT2D eigenvalue weighted by molar-refractivity contribution is -0.384. The summed E-state index contributed by atoms with van der Waals surface area (Å²) in [4.78, 5) is 21.8. The number of nitro benzene ring substituents is 1. The molecular formula is C12H9NO5. The van der Waals surface area contributed by atoms with E-state index in [0.29, 0.717) is 11.1 Å². The molecule has 6 heteroatoms. The van der Waals surface area contributed by atoms with E-state index in [1.165, 1.54) is 37.8 Å². The Hall–Kier alpha value is -2.63. The molecule has 0 radical (unpaired) electrons. The number of methoxy groups -OCH3 is 1. The Morgan fingerprint density at radius 1 is 1.39 bits per heavy atom. The number of benzene rings is 1. The normalized spacial score (nSPS) is 10.1. The number of carbonyl (C=O) groups excluding carboxylic acids is 1. The number of nitro groups is 1. The molecule has 2 aromatic rings. The summed E-state index contributed by atoms with van der Waals surface area (Å²) in [5, 5.41) is 10.7. The van der Waals surface area contributed by atoms with E-state index >= 15 is 0 Å². The molecule has 0 aliphatic heterocycles. The topological polar surface area (TPSA) is 82.6 Å². The Morgan fingerprint density at radius 2 is 2.17 bits per heavy atom. The van der Waals surface area contributed by atoms with E-state index in [1.54, 1.807) is 6.07 Å². The number of hydrogen-bond acceptors (Lipinski definition) is 5. The average Bonchev–Trinajstić information content (AvgIpc) is 2.90. The van der Waals surface area contributed by atoms with Crippen molar-refractivity contribution < 1.29 is 18.9 Å². The molecule has 0 bridgehead atoms. The van der Waals surface area contributed by atoms with Crippen LogP contribution in [0.3, 0.4) is 0 Å². The number of hydrogen-bond donors (Lipinski definition) is 0. The van der Waals surface area contributed by atoms with Crippen molar-refractivity contribution in [2.45, 2.75) is 0 Å². The molecular weight excluding hydrogens is 238 g/mol. The van der Waals surface area contributed by atoms with E-state index in [-0.39, 0.29) is 11.3 Å². The number of furan rings is 1. The zero-order chi connectivity index (χ0) is 13.1. The van der Waals surface area contributed by atoms with Crippen molar-refractivity contribution in [1.29, 1.82) is 0 Å². The SMILES string of the molecule is COC(=O)c1ccc([N+](=O)[O-])cc1-c1ccoc1. The Morgan fingerprint density at radius 3 is 2.72 bits per heavy atom. The van der Waals surface area contributed by atoms with Crippen LogP contribution in [0.25, 0.3) is 11.1 Å². The minimum atomic E-state index is -0.555. The maximum atomic E-state index is 11.6. The number of ether oxygens (including phenoxy) is 1. The third-order valence-electron chi connectivity index (χ3n) is 2.45. The minimum Gasteiger partial charge on any atom is -0.472 e. The van der Waals surface area contributed by atoms with E-state index in [1.807, 2.05) is 0 Å². The monoisotopic (exact) mass is 247 g/mol. The third-order valence-corrected chi connectivity index (χ3v) is 2.45. The van der Waals surface area contributed by atoms with Gasteiger partial charge in [0.1, 0.15) is 0 Å². The maximum absolute atomic E-state index is 11.6. The fourth-order valence-corrected chi connectivity index (χ4v) is 1.59. The van der Waals surface area contributed by atoms with Gasteiger partial charge in [-0.05, 0) is 12.1 Å². The molecule has 1 aromatic heterocycles. The van der Waals surface area contributed by atoms with Gasteiger partial charge in [0, 0.05) is 23.3 Å². The molecule has 0 spiro atoms.